The lowest BCUT2D eigenvalue weighted by Gasteiger charge is -2.17. The van der Waals surface area contributed by atoms with Crippen LogP contribution in [-0.4, -0.2) is 18.1 Å². The number of Topliss-reactive ketones (excluding diaryl/α,β-unsaturated/α-hetero) is 1. The molecule has 1 aliphatic carbocycles. The number of nitriles is 1. The molecule has 4 nitrogen and oxygen atoms in total. The van der Waals surface area contributed by atoms with Crippen LogP contribution in [0.3, 0.4) is 0 Å². The van der Waals surface area contributed by atoms with Gasteiger partial charge in [-0.15, -0.1) is 0 Å². The molecule has 100 valence electrons. The maximum atomic E-state index is 12.3. The second-order valence-corrected chi connectivity index (χ2v) is 4.41. The molecule has 0 radical (unpaired) electrons. The van der Waals surface area contributed by atoms with Crippen LogP contribution in [0.1, 0.15) is 39.6 Å². The van der Waals surface area contributed by atoms with Crippen molar-refractivity contribution >= 4 is 17.6 Å². The lowest BCUT2D eigenvalue weighted by atomic mass is 9.88. The molecule has 2 rings (SSSR count). The zero-order valence-corrected chi connectivity index (χ0v) is 11.1. The van der Waals surface area contributed by atoms with Crippen molar-refractivity contribution in [2.45, 2.75) is 13.3 Å². The van der Waals surface area contributed by atoms with E-state index < -0.39 is 0 Å². The first-order valence-electron chi connectivity index (χ1n) is 6.42. The van der Waals surface area contributed by atoms with Crippen LogP contribution < -0.4 is 5.32 Å². The minimum Gasteiger partial charge on any atom is -0.382 e. The minimum absolute atomic E-state index is 0.180. The van der Waals surface area contributed by atoms with E-state index in [4.69, 9.17) is 5.26 Å². The summed E-state index contributed by atoms with van der Waals surface area (Å²) in [4.78, 5) is 24.5. The van der Waals surface area contributed by atoms with Gasteiger partial charge in [0, 0.05) is 29.8 Å². The highest BCUT2D eigenvalue weighted by Crippen LogP contribution is 2.24. The molecule has 0 atom stereocenters. The van der Waals surface area contributed by atoms with E-state index in [0.29, 0.717) is 28.9 Å². The Morgan fingerprint density at radius 1 is 1.35 bits per heavy atom. The molecule has 1 aromatic carbocycles. The molecule has 0 aromatic heterocycles. The summed E-state index contributed by atoms with van der Waals surface area (Å²) in [6, 6.07) is 6.95. The van der Waals surface area contributed by atoms with Gasteiger partial charge in [0.2, 0.25) is 5.78 Å². The van der Waals surface area contributed by atoms with Crippen LogP contribution in [0.5, 0.6) is 0 Å². The number of nitrogens with zero attached hydrogens (tertiary/aromatic N) is 1. The van der Waals surface area contributed by atoms with Gasteiger partial charge in [-0.1, -0.05) is 25.1 Å². The van der Waals surface area contributed by atoms with Gasteiger partial charge in [0.05, 0.1) is 11.8 Å². The fraction of sp³-hybridized carbons (Fsp3) is 0.188. The molecular weight excluding hydrogens is 252 g/mol. The topological polar surface area (TPSA) is 70.0 Å². The smallest absolute Gasteiger partial charge is 0.209 e. The van der Waals surface area contributed by atoms with Crippen LogP contribution in [0.4, 0.5) is 0 Å². The van der Waals surface area contributed by atoms with E-state index in [9.17, 15) is 9.59 Å². The first-order chi connectivity index (χ1) is 9.69. The van der Waals surface area contributed by atoms with E-state index in [0.717, 1.165) is 6.42 Å². The van der Waals surface area contributed by atoms with Gasteiger partial charge in [-0.25, -0.2) is 0 Å². The van der Waals surface area contributed by atoms with Gasteiger partial charge in [0.1, 0.15) is 0 Å². The Balaban J connectivity index is 2.46. The number of fused-ring (bicyclic) bond motifs is 1. The summed E-state index contributed by atoms with van der Waals surface area (Å²) in [7, 11) is 0. The van der Waals surface area contributed by atoms with E-state index in [1.807, 2.05) is 13.0 Å². The Hall–Kier alpha value is -2.67. The van der Waals surface area contributed by atoms with Crippen molar-refractivity contribution in [2.75, 3.05) is 6.54 Å². The molecule has 20 heavy (non-hydrogen) atoms. The highest BCUT2D eigenvalue weighted by atomic mass is 16.1. The molecule has 1 aromatic rings. The molecule has 4 heteroatoms. The van der Waals surface area contributed by atoms with Crippen LogP contribution in [0.25, 0.3) is 6.08 Å². The van der Waals surface area contributed by atoms with Crippen molar-refractivity contribution in [1.82, 2.24) is 5.32 Å². The SMILES string of the molecule is CCCNC1=CC(=O)c2c(/C=C/C#N)cccc2C1=O. The van der Waals surface area contributed by atoms with Crippen LogP contribution in [0.15, 0.2) is 36.0 Å². The molecule has 0 saturated carbocycles. The molecule has 0 spiro atoms. The largest absolute Gasteiger partial charge is 0.382 e. The average Bonchev–Trinajstić information content (AvgIpc) is 2.47. The van der Waals surface area contributed by atoms with Crippen molar-refractivity contribution in [3.8, 4) is 6.07 Å². The molecule has 0 heterocycles. The number of hydrogen-bond donors (Lipinski definition) is 1. The quantitative estimate of drug-likeness (QED) is 0.850. The number of nitrogens with one attached hydrogen (secondary N) is 1. The van der Waals surface area contributed by atoms with E-state index in [1.165, 1.54) is 12.2 Å². The van der Waals surface area contributed by atoms with Crippen molar-refractivity contribution in [3.05, 3.63) is 52.7 Å². The third-order valence-corrected chi connectivity index (χ3v) is 3.01. The predicted octanol–water partition coefficient (Wildman–Crippen LogP) is 2.49. The van der Waals surface area contributed by atoms with Gasteiger partial charge in [-0.2, -0.15) is 5.26 Å². The lowest BCUT2D eigenvalue weighted by Crippen LogP contribution is -2.27. The zero-order chi connectivity index (χ0) is 14.5. The third kappa shape index (κ3) is 2.52. The third-order valence-electron chi connectivity index (χ3n) is 3.01. The summed E-state index contributed by atoms with van der Waals surface area (Å²) in [5.41, 5.74) is 1.68. The van der Waals surface area contributed by atoms with Crippen LogP contribution >= 0.6 is 0 Å². The number of hydrogen-bond acceptors (Lipinski definition) is 4. The number of benzene rings is 1. The molecule has 0 aliphatic heterocycles. The van der Waals surface area contributed by atoms with E-state index in [-0.39, 0.29) is 11.6 Å². The Kier molecular flexibility index (Phi) is 4.11. The van der Waals surface area contributed by atoms with Crippen molar-refractivity contribution in [1.29, 1.82) is 5.26 Å². The molecule has 0 fully saturated rings. The van der Waals surface area contributed by atoms with Crippen molar-refractivity contribution < 1.29 is 9.59 Å². The van der Waals surface area contributed by atoms with Gasteiger partial charge in [0.25, 0.3) is 0 Å². The number of carbonyl (C=O) groups excluding carboxylic acids is 2. The number of ketones is 2. The standard InChI is InChI=1S/C16H14N2O2/c1-2-9-18-13-10-14(19)15-11(6-4-8-17)5-3-7-12(15)16(13)20/h3-7,10,18H,2,9H2,1H3/b6-4+. The summed E-state index contributed by atoms with van der Waals surface area (Å²) < 4.78 is 0. The average molecular weight is 266 g/mol. The van der Waals surface area contributed by atoms with E-state index in [2.05, 4.69) is 5.32 Å². The number of carbonyl (C=O) groups is 2. The van der Waals surface area contributed by atoms with E-state index >= 15 is 0 Å². The van der Waals surface area contributed by atoms with Gasteiger partial charge in [-0.05, 0) is 18.1 Å². The Morgan fingerprint density at radius 2 is 2.15 bits per heavy atom. The van der Waals surface area contributed by atoms with Crippen LogP contribution in [-0.2, 0) is 0 Å². The fourth-order valence-corrected chi connectivity index (χ4v) is 2.11. The summed E-state index contributed by atoms with van der Waals surface area (Å²) in [5.74, 6) is -0.392. The summed E-state index contributed by atoms with van der Waals surface area (Å²) in [5, 5.41) is 11.6. The Labute approximate surface area is 117 Å². The first kappa shape index (κ1) is 13.8. The molecule has 0 saturated heterocycles. The second-order valence-electron chi connectivity index (χ2n) is 4.41. The highest BCUT2D eigenvalue weighted by Gasteiger charge is 2.26. The monoisotopic (exact) mass is 266 g/mol. The normalized spacial score (nSPS) is 13.9. The van der Waals surface area contributed by atoms with Gasteiger partial charge < -0.3 is 5.32 Å². The lowest BCUT2D eigenvalue weighted by molar-refractivity contribution is 0.0978. The maximum Gasteiger partial charge on any atom is 0.209 e. The van der Waals surface area contributed by atoms with Gasteiger partial charge >= 0.3 is 0 Å². The molecule has 1 aliphatic rings. The number of allylic oxidation sites excluding steroid dienone is 3. The second kappa shape index (κ2) is 5.98. The van der Waals surface area contributed by atoms with Crippen LogP contribution in [0.2, 0.25) is 0 Å². The zero-order valence-electron chi connectivity index (χ0n) is 11.1. The minimum atomic E-state index is -0.212. The van der Waals surface area contributed by atoms with Gasteiger partial charge in [0.15, 0.2) is 5.78 Å². The van der Waals surface area contributed by atoms with E-state index in [1.54, 1.807) is 24.3 Å². The summed E-state index contributed by atoms with van der Waals surface area (Å²) in [6.07, 6.45) is 5.05. The molecule has 0 unspecified atom stereocenters. The highest BCUT2D eigenvalue weighted by molar-refractivity contribution is 6.25. The molecular formula is C16H14N2O2. The fourth-order valence-electron chi connectivity index (χ4n) is 2.11. The van der Waals surface area contributed by atoms with Gasteiger partial charge in [-0.3, -0.25) is 9.59 Å². The molecule has 0 bridgehead atoms. The van der Waals surface area contributed by atoms with Crippen LogP contribution in [0, 0.1) is 11.3 Å². The van der Waals surface area contributed by atoms with Crippen molar-refractivity contribution in [3.63, 3.8) is 0 Å². The Bertz CT molecular complexity index is 664. The Morgan fingerprint density at radius 3 is 2.85 bits per heavy atom. The molecule has 1 N–H and O–H groups in total. The van der Waals surface area contributed by atoms with Crippen molar-refractivity contribution in [2.24, 2.45) is 0 Å². The first-order valence-corrected chi connectivity index (χ1v) is 6.42. The predicted molar refractivity (Wildman–Crippen MR) is 76.1 cm³/mol. The maximum absolute atomic E-state index is 12.3. The molecule has 0 amide bonds. The summed E-state index contributed by atoms with van der Waals surface area (Å²) >= 11 is 0. The number of rotatable bonds is 4. The summed E-state index contributed by atoms with van der Waals surface area (Å²) in [6.45, 7) is 2.63.